The summed E-state index contributed by atoms with van der Waals surface area (Å²) in [5, 5.41) is 6.84. The summed E-state index contributed by atoms with van der Waals surface area (Å²) in [6.07, 6.45) is 4.59. The highest BCUT2D eigenvalue weighted by Gasteiger charge is 1.99. The van der Waals surface area contributed by atoms with Gasteiger partial charge < -0.3 is 22.1 Å². The van der Waals surface area contributed by atoms with Gasteiger partial charge in [-0.15, -0.1) is 0 Å². The Hall–Kier alpha value is -0.160. The number of hydrogen-bond acceptors (Lipinski definition) is 4. The summed E-state index contributed by atoms with van der Waals surface area (Å²) in [4.78, 5) is 0. The lowest BCUT2D eigenvalue weighted by atomic mass is 10.2. The summed E-state index contributed by atoms with van der Waals surface area (Å²) >= 11 is 0. The first-order valence-corrected chi connectivity index (χ1v) is 6.15. The maximum Gasteiger partial charge on any atom is 0.00392 e. The molecule has 0 heterocycles. The highest BCUT2D eigenvalue weighted by Crippen LogP contribution is 1.95. The molecule has 92 valence electrons. The van der Waals surface area contributed by atoms with Gasteiger partial charge in [-0.25, -0.2) is 0 Å². The van der Waals surface area contributed by atoms with Gasteiger partial charge in [0.05, 0.1) is 0 Å². The summed E-state index contributed by atoms with van der Waals surface area (Å²) in [6, 6.07) is 0.604. The van der Waals surface area contributed by atoms with Crippen LogP contribution in [-0.2, 0) is 0 Å². The average Bonchev–Trinajstić information content (AvgIpc) is 2.23. The van der Waals surface area contributed by atoms with Gasteiger partial charge in [-0.05, 0) is 65.3 Å². The zero-order chi connectivity index (χ0) is 11.4. The van der Waals surface area contributed by atoms with Crippen LogP contribution in [0.1, 0.15) is 32.6 Å². The largest absolute Gasteiger partial charge is 0.330 e. The second kappa shape index (κ2) is 11.9. The normalized spacial score (nSPS) is 13.0. The molecule has 1 atom stereocenters. The molecule has 0 aromatic heterocycles. The lowest BCUT2D eigenvalue weighted by Gasteiger charge is -2.13. The van der Waals surface area contributed by atoms with E-state index in [0.717, 1.165) is 45.6 Å². The van der Waals surface area contributed by atoms with Crippen LogP contribution in [0.15, 0.2) is 0 Å². The Kier molecular flexibility index (Phi) is 11.8. The van der Waals surface area contributed by atoms with Crippen molar-refractivity contribution in [1.29, 1.82) is 0 Å². The van der Waals surface area contributed by atoms with Gasteiger partial charge in [-0.3, -0.25) is 0 Å². The number of hydrogen-bond donors (Lipinski definition) is 4. The fourth-order valence-electron chi connectivity index (χ4n) is 1.44. The molecule has 0 spiro atoms. The van der Waals surface area contributed by atoms with E-state index in [4.69, 9.17) is 11.5 Å². The standard InChI is InChI=1S/C11H28N4/c1-11(15-10-4-7-13)5-2-8-14-9-3-6-12/h11,14-15H,2-10,12-13H2,1H3. The molecule has 1 unspecified atom stereocenters. The SMILES string of the molecule is CC(CCCNCCCN)NCCCN. The third-order valence-electron chi connectivity index (χ3n) is 2.42. The third-order valence-corrected chi connectivity index (χ3v) is 2.42. The molecule has 4 heteroatoms. The lowest BCUT2D eigenvalue weighted by molar-refractivity contribution is 0.482. The van der Waals surface area contributed by atoms with E-state index in [2.05, 4.69) is 17.6 Å². The minimum Gasteiger partial charge on any atom is -0.330 e. The number of nitrogens with one attached hydrogen (secondary N) is 2. The van der Waals surface area contributed by atoms with E-state index in [9.17, 15) is 0 Å². The highest BCUT2D eigenvalue weighted by atomic mass is 14.9. The summed E-state index contributed by atoms with van der Waals surface area (Å²) in [5.41, 5.74) is 10.8. The Morgan fingerprint density at radius 3 is 2.20 bits per heavy atom. The molecule has 0 aliphatic carbocycles. The summed E-state index contributed by atoms with van der Waals surface area (Å²) in [5.74, 6) is 0. The van der Waals surface area contributed by atoms with Crippen LogP contribution in [0.5, 0.6) is 0 Å². The molecule has 6 N–H and O–H groups in total. The molecule has 0 rings (SSSR count). The van der Waals surface area contributed by atoms with Gasteiger partial charge in [-0.1, -0.05) is 0 Å². The maximum absolute atomic E-state index is 5.42. The zero-order valence-corrected chi connectivity index (χ0v) is 10.1. The fourth-order valence-corrected chi connectivity index (χ4v) is 1.44. The van der Waals surface area contributed by atoms with Crippen LogP contribution in [0.3, 0.4) is 0 Å². The third kappa shape index (κ3) is 11.8. The quantitative estimate of drug-likeness (QED) is 0.368. The van der Waals surface area contributed by atoms with Crippen molar-refractivity contribution in [2.75, 3.05) is 32.7 Å². The first-order chi connectivity index (χ1) is 7.31. The van der Waals surface area contributed by atoms with Crippen LogP contribution in [0.4, 0.5) is 0 Å². The van der Waals surface area contributed by atoms with E-state index < -0.39 is 0 Å². The van der Waals surface area contributed by atoms with Gasteiger partial charge in [-0.2, -0.15) is 0 Å². The van der Waals surface area contributed by atoms with E-state index in [1.807, 2.05) is 0 Å². The molecule has 0 fully saturated rings. The van der Waals surface area contributed by atoms with Crippen molar-refractivity contribution < 1.29 is 0 Å². The molecule has 0 aliphatic rings. The molecular formula is C11H28N4. The Bertz CT molecular complexity index is 119. The zero-order valence-electron chi connectivity index (χ0n) is 10.1. The van der Waals surface area contributed by atoms with Crippen LogP contribution in [0.25, 0.3) is 0 Å². The first kappa shape index (κ1) is 14.8. The molecule has 0 aromatic carbocycles. The second-order valence-corrected chi connectivity index (χ2v) is 4.03. The van der Waals surface area contributed by atoms with Crippen molar-refractivity contribution in [3.63, 3.8) is 0 Å². The smallest absolute Gasteiger partial charge is 0.00392 e. The maximum atomic E-state index is 5.42. The van der Waals surface area contributed by atoms with Crippen LogP contribution >= 0.6 is 0 Å². The number of rotatable bonds is 11. The van der Waals surface area contributed by atoms with Crippen molar-refractivity contribution in [2.24, 2.45) is 11.5 Å². The molecule has 0 radical (unpaired) electrons. The second-order valence-electron chi connectivity index (χ2n) is 4.03. The lowest BCUT2D eigenvalue weighted by Crippen LogP contribution is -2.29. The predicted molar refractivity (Wildman–Crippen MR) is 66.9 cm³/mol. The summed E-state index contributed by atoms with van der Waals surface area (Å²) in [6.45, 7) is 6.98. The summed E-state index contributed by atoms with van der Waals surface area (Å²) in [7, 11) is 0. The van der Waals surface area contributed by atoms with Crippen LogP contribution < -0.4 is 22.1 Å². The molecule has 0 aromatic rings. The minimum absolute atomic E-state index is 0.604. The van der Waals surface area contributed by atoms with Crippen molar-refractivity contribution in [1.82, 2.24) is 10.6 Å². The number of nitrogens with two attached hydrogens (primary N) is 2. The van der Waals surface area contributed by atoms with Gasteiger partial charge in [0.1, 0.15) is 0 Å². The molecule has 4 nitrogen and oxygen atoms in total. The van der Waals surface area contributed by atoms with E-state index >= 15 is 0 Å². The van der Waals surface area contributed by atoms with Crippen LogP contribution in [0.2, 0.25) is 0 Å². The highest BCUT2D eigenvalue weighted by molar-refractivity contribution is 4.61. The van der Waals surface area contributed by atoms with Crippen molar-refractivity contribution in [2.45, 2.75) is 38.6 Å². The Balaban J connectivity index is 3.06. The predicted octanol–water partition coefficient (Wildman–Crippen LogP) is 0.0319. The van der Waals surface area contributed by atoms with Crippen LogP contribution in [-0.4, -0.2) is 38.8 Å². The first-order valence-electron chi connectivity index (χ1n) is 6.15. The van der Waals surface area contributed by atoms with E-state index in [0.29, 0.717) is 6.04 Å². The summed E-state index contributed by atoms with van der Waals surface area (Å²) < 4.78 is 0. The van der Waals surface area contributed by atoms with Crippen LogP contribution in [0, 0.1) is 0 Å². The topological polar surface area (TPSA) is 76.1 Å². The minimum atomic E-state index is 0.604. The van der Waals surface area contributed by atoms with Gasteiger partial charge >= 0.3 is 0 Å². The molecule has 15 heavy (non-hydrogen) atoms. The van der Waals surface area contributed by atoms with E-state index in [1.54, 1.807) is 0 Å². The average molecular weight is 216 g/mol. The van der Waals surface area contributed by atoms with E-state index in [-0.39, 0.29) is 0 Å². The van der Waals surface area contributed by atoms with Gasteiger partial charge in [0.25, 0.3) is 0 Å². The molecule has 0 aliphatic heterocycles. The molecule has 0 saturated carbocycles. The van der Waals surface area contributed by atoms with Crippen molar-refractivity contribution >= 4 is 0 Å². The van der Waals surface area contributed by atoms with Gasteiger partial charge in [0, 0.05) is 6.04 Å². The van der Waals surface area contributed by atoms with Gasteiger partial charge in [0.15, 0.2) is 0 Å². The monoisotopic (exact) mass is 216 g/mol. The van der Waals surface area contributed by atoms with Crippen molar-refractivity contribution in [3.05, 3.63) is 0 Å². The molecule has 0 amide bonds. The Morgan fingerprint density at radius 1 is 0.933 bits per heavy atom. The van der Waals surface area contributed by atoms with Crippen molar-refractivity contribution in [3.8, 4) is 0 Å². The molecule has 0 saturated heterocycles. The fraction of sp³-hybridized carbons (Fsp3) is 1.00. The Morgan fingerprint density at radius 2 is 1.53 bits per heavy atom. The van der Waals surface area contributed by atoms with E-state index in [1.165, 1.54) is 12.8 Å². The molecular weight excluding hydrogens is 188 g/mol. The molecule has 0 bridgehead atoms. The van der Waals surface area contributed by atoms with Gasteiger partial charge in [0.2, 0.25) is 0 Å². The Labute approximate surface area is 94.2 Å².